The number of ether oxygens (including phenoxy) is 1. The molecule has 156 valence electrons. The quantitative estimate of drug-likeness (QED) is 0.673. The molecule has 2 rings (SSSR count). The van der Waals surface area contributed by atoms with Crippen LogP contribution in [0.15, 0.2) is 47.4 Å². The predicted octanol–water partition coefficient (Wildman–Crippen LogP) is 3.17. The Morgan fingerprint density at radius 2 is 1.59 bits per heavy atom. The minimum atomic E-state index is -3.61. The number of sulfonamides is 1. The van der Waals surface area contributed by atoms with Gasteiger partial charge in [0.25, 0.3) is 5.91 Å². The van der Waals surface area contributed by atoms with Crippen molar-refractivity contribution in [1.82, 2.24) is 4.72 Å². The standard InChI is InChI=1S/C21H26N2O5S/c1-13(2)23-29(26,27)18-10-8-17(9-11-18)22-20(24)16(5)28-21(25)19-12-14(3)6-7-15(19)4/h6-13,16,23H,1-5H3,(H,22,24)/t16-/m1/s1. The van der Waals surface area contributed by atoms with E-state index in [1.54, 1.807) is 26.8 Å². The molecule has 0 bridgehead atoms. The number of anilines is 1. The summed E-state index contributed by atoms with van der Waals surface area (Å²) < 4.78 is 32.0. The maximum Gasteiger partial charge on any atom is 0.339 e. The molecule has 0 unspecified atom stereocenters. The van der Waals surface area contributed by atoms with E-state index in [-0.39, 0.29) is 10.9 Å². The van der Waals surface area contributed by atoms with E-state index in [2.05, 4.69) is 10.0 Å². The summed E-state index contributed by atoms with van der Waals surface area (Å²) in [5, 5.41) is 2.61. The fraction of sp³-hybridized carbons (Fsp3) is 0.333. The van der Waals surface area contributed by atoms with Gasteiger partial charge in [-0.25, -0.2) is 17.9 Å². The number of hydrogen-bond acceptors (Lipinski definition) is 5. The van der Waals surface area contributed by atoms with Crippen LogP contribution in [0.1, 0.15) is 42.3 Å². The van der Waals surface area contributed by atoms with Gasteiger partial charge in [0, 0.05) is 11.7 Å². The number of benzene rings is 2. The van der Waals surface area contributed by atoms with Crippen LogP contribution in [0.3, 0.4) is 0 Å². The molecule has 0 aliphatic heterocycles. The molecule has 8 heteroatoms. The molecular formula is C21H26N2O5S. The molecule has 0 aromatic heterocycles. The number of nitrogens with one attached hydrogen (secondary N) is 2. The Hall–Kier alpha value is -2.71. The molecule has 2 N–H and O–H groups in total. The second-order valence-electron chi connectivity index (χ2n) is 7.16. The van der Waals surface area contributed by atoms with Crippen molar-refractivity contribution in [3.05, 3.63) is 59.2 Å². The SMILES string of the molecule is Cc1ccc(C)c(C(=O)O[C@H](C)C(=O)Nc2ccc(S(=O)(=O)NC(C)C)cc2)c1. The zero-order chi connectivity index (χ0) is 21.8. The van der Waals surface area contributed by atoms with Crippen molar-refractivity contribution < 1.29 is 22.7 Å². The van der Waals surface area contributed by atoms with E-state index in [1.807, 2.05) is 19.1 Å². The van der Waals surface area contributed by atoms with E-state index >= 15 is 0 Å². The summed E-state index contributed by atoms with van der Waals surface area (Å²) in [4.78, 5) is 24.8. The molecule has 0 aliphatic rings. The average molecular weight is 419 g/mol. The molecule has 0 fully saturated rings. The Kier molecular flexibility index (Phi) is 7.16. The normalized spacial score (nSPS) is 12.5. The van der Waals surface area contributed by atoms with E-state index in [9.17, 15) is 18.0 Å². The van der Waals surface area contributed by atoms with Crippen LogP contribution in [0.2, 0.25) is 0 Å². The number of esters is 1. The second kappa shape index (κ2) is 9.19. The van der Waals surface area contributed by atoms with Crippen molar-refractivity contribution in [3.63, 3.8) is 0 Å². The highest BCUT2D eigenvalue weighted by Crippen LogP contribution is 2.16. The first-order valence-corrected chi connectivity index (χ1v) is 10.7. The van der Waals surface area contributed by atoms with Gasteiger partial charge in [0.2, 0.25) is 10.0 Å². The third-order valence-electron chi connectivity index (χ3n) is 4.09. The maximum atomic E-state index is 12.4. The van der Waals surface area contributed by atoms with E-state index in [0.717, 1.165) is 11.1 Å². The fourth-order valence-corrected chi connectivity index (χ4v) is 3.82. The van der Waals surface area contributed by atoms with Crippen LogP contribution in [-0.2, 0) is 19.6 Å². The number of rotatable bonds is 7. The molecule has 0 saturated carbocycles. The smallest absolute Gasteiger partial charge is 0.339 e. The topological polar surface area (TPSA) is 102 Å². The lowest BCUT2D eigenvalue weighted by molar-refractivity contribution is -0.123. The van der Waals surface area contributed by atoms with E-state index in [0.29, 0.717) is 11.3 Å². The van der Waals surface area contributed by atoms with Crippen molar-refractivity contribution in [3.8, 4) is 0 Å². The summed E-state index contributed by atoms with van der Waals surface area (Å²) >= 11 is 0. The van der Waals surface area contributed by atoms with Crippen LogP contribution >= 0.6 is 0 Å². The molecule has 0 radical (unpaired) electrons. The Balaban J connectivity index is 2.02. The van der Waals surface area contributed by atoms with E-state index < -0.39 is 28.0 Å². The van der Waals surface area contributed by atoms with Gasteiger partial charge in [-0.15, -0.1) is 0 Å². The lowest BCUT2D eigenvalue weighted by Crippen LogP contribution is -2.31. The zero-order valence-corrected chi connectivity index (χ0v) is 18.0. The van der Waals surface area contributed by atoms with Gasteiger partial charge in [-0.1, -0.05) is 17.7 Å². The predicted molar refractivity (Wildman–Crippen MR) is 111 cm³/mol. The summed E-state index contributed by atoms with van der Waals surface area (Å²) in [5.74, 6) is -1.09. The Bertz CT molecular complexity index is 998. The van der Waals surface area contributed by atoms with Crippen LogP contribution in [0.25, 0.3) is 0 Å². The van der Waals surface area contributed by atoms with Crippen LogP contribution in [0.4, 0.5) is 5.69 Å². The third kappa shape index (κ3) is 6.13. The van der Waals surface area contributed by atoms with Crippen LogP contribution in [-0.4, -0.2) is 32.4 Å². The molecule has 0 spiro atoms. The largest absolute Gasteiger partial charge is 0.449 e. The molecule has 7 nitrogen and oxygen atoms in total. The first-order valence-electron chi connectivity index (χ1n) is 9.21. The van der Waals surface area contributed by atoms with Crippen molar-refractivity contribution in [2.75, 3.05) is 5.32 Å². The van der Waals surface area contributed by atoms with Gasteiger partial charge in [-0.2, -0.15) is 0 Å². The minimum Gasteiger partial charge on any atom is -0.449 e. The summed E-state index contributed by atoms with van der Waals surface area (Å²) in [5.41, 5.74) is 2.49. The molecule has 1 atom stereocenters. The Labute approximate surface area is 171 Å². The van der Waals surface area contributed by atoms with E-state index in [1.165, 1.54) is 31.2 Å². The van der Waals surface area contributed by atoms with Gasteiger partial charge >= 0.3 is 5.97 Å². The molecule has 2 aromatic carbocycles. The van der Waals surface area contributed by atoms with Crippen molar-refractivity contribution in [2.45, 2.75) is 51.7 Å². The number of carbonyl (C=O) groups is 2. The third-order valence-corrected chi connectivity index (χ3v) is 5.76. The highest BCUT2D eigenvalue weighted by molar-refractivity contribution is 7.89. The lowest BCUT2D eigenvalue weighted by Gasteiger charge is -2.15. The second-order valence-corrected chi connectivity index (χ2v) is 8.87. The number of aryl methyl sites for hydroxylation is 2. The Morgan fingerprint density at radius 1 is 0.966 bits per heavy atom. The number of hydrogen-bond donors (Lipinski definition) is 2. The van der Waals surface area contributed by atoms with Crippen molar-refractivity contribution >= 4 is 27.6 Å². The highest BCUT2D eigenvalue weighted by atomic mass is 32.2. The minimum absolute atomic E-state index is 0.0959. The number of amides is 1. The van der Waals surface area contributed by atoms with Crippen LogP contribution in [0.5, 0.6) is 0 Å². The van der Waals surface area contributed by atoms with Crippen molar-refractivity contribution in [1.29, 1.82) is 0 Å². The molecule has 2 aromatic rings. The maximum absolute atomic E-state index is 12.4. The fourth-order valence-electron chi connectivity index (χ4n) is 2.57. The van der Waals surface area contributed by atoms with Gasteiger partial charge in [-0.3, -0.25) is 4.79 Å². The van der Waals surface area contributed by atoms with Gasteiger partial charge in [0.05, 0.1) is 10.5 Å². The zero-order valence-electron chi connectivity index (χ0n) is 17.1. The molecule has 0 heterocycles. The molecule has 0 aliphatic carbocycles. The van der Waals surface area contributed by atoms with Gasteiger partial charge in [0.1, 0.15) is 0 Å². The van der Waals surface area contributed by atoms with E-state index in [4.69, 9.17) is 4.74 Å². The summed E-state index contributed by atoms with van der Waals surface area (Å²) in [6.45, 7) is 8.60. The van der Waals surface area contributed by atoms with Crippen LogP contribution < -0.4 is 10.0 Å². The lowest BCUT2D eigenvalue weighted by atomic mass is 10.1. The monoisotopic (exact) mass is 418 g/mol. The highest BCUT2D eigenvalue weighted by Gasteiger charge is 2.21. The first kappa shape index (κ1) is 22.6. The number of carbonyl (C=O) groups excluding carboxylic acids is 2. The van der Waals surface area contributed by atoms with Crippen LogP contribution in [0, 0.1) is 13.8 Å². The molecule has 29 heavy (non-hydrogen) atoms. The summed E-state index contributed by atoms with van der Waals surface area (Å²) in [6, 6.07) is 10.9. The van der Waals surface area contributed by atoms with Crippen molar-refractivity contribution in [2.24, 2.45) is 0 Å². The molecule has 1 amide bonds. The molecule has 0 saturated heterocycles. The summed E-state index contributed by atoms with van der Waals surface area (Å²) in [6.07, 6.45) is -1.02. The molecular weight excluding hydrogens is 392 g/mol. The van der Waals surface area contributed by atoms with Gasteiger partial charge in [0.15, 0.2) is 6.10 Å². The Morgan fingerprint density at radius 3 is 2.17 bits per heavy atom. The first-order chi connectivity index (χ1) is 13.5. The summed E-state index contributed by atoms with van der Waals surface area (Å²) in [7, 11) is -3.61. The average Bonchev–Trinajstić information content (AvgIpc) is 2.63. The van der Waals surface area contributed by atoms with Gasteiger partial charge < -0.3 is 10.1 Å². The van der Waals surface area contributed by atoms with Gasteiger partial charge in [-0.05, 0) is 70.5 Å².